The molecule has 30 heavy (non-hydrogen) atoms. The van der Waals surface area contributed by atoms with E-state index in [1.54, 1.807) is 62.4 Å². The van der Waals surface area contributed by atoms with Gasteiger partial charge in [-0.2, -0.15) is 0 Å². The van der Waals surface area contributed by atoms with E-state index in [1.807, 2.05) is 0 Å². The van der Waals surface area contributed by atoms with E-state index in [-0.39, 0.29) is 5.92 Å². The lowest BCUT2D eigenvalue weighted by molar-refractivity contribution is -0.150. The summed E-state index contributed by atoms with van der Waals surface area (Å²) < 4.78 is 15.3. The van der Waals surface area contributed by atoms with Crippen molar-refractivity contribution < 1.29 is 28.6 Å². The van der Waals surface area contributed by atoms with Crippen LogP contribution in [-0.4, -0.2) is 44.7 Å². The molecule has 0 unspecified atom stereocenters. The molecule has 2 rings (SSSR count). The lowest BCUT2D eigenvalue weighted by Gasteiger charge is -2.21. The number of esters is 1. The number of carbonyl (C=O) groups excluding carboxylic acids is 3. The summed E-state index contributed by atoms with van der Waals surface area (Å²) in [6, 6.07) is 12.4. The standard InChI is InChI=1S/C22H26N2O6/c1-14(2)20(24-21(26)15-8-10-17(28-3)11-9-15)22(27)30-13-19(25)23-16-6-5-7-18(12-16)29-4/h5-12,14,20H,13H2,1-4H3,(H,23,25)(H,24,26)/t20-/m0/s1. The molecule has 0 saturated heterocycles. The topological polar surface area (TPSA) is 103 Å². The fourth-order valence-corrected chi connectivity index (χ4v) is 2.59. The number of nitrogens with one attached hydrogen (secondary N) is 2. The summed E-state index contributed by atoms with van der Waals surface area (Å²) in [5.41, 5.74) is 0.897. The van der Waals surface area contributed by atoms with Crippen LogP contribution in [0.2, 0.25) is 0 Å². The highest BCUT2D eigenvalue weighted by atomic mass is 16.5. The molecule has 0 aliphatic carbocycles. The maximum absolute atomic E-state index is 12.5. The van der Waals surface area contributed by atoms with Crippen LogP contribution in [0.3, 0.4) is 0 Å². The molecule has 0 fully saturated rings. The van der Waals surface area contributed by atoms with Crippen LogP contribution < -0.4 is 20.1 Å². The third-order valence-electron chi connectivity index (χ3n) is 4.26. The monoisotopic (exact) mass is 414 g/mol. The van der Waals surface area contributed by atoms with Crippen molar-refractivity contribution >= 4 is 23.5 Å². The summed E-state index contributed by atoms with van der Waals surface area (Å²) in [4.78, 5) is 37.0. The molecule has 2 N–H and O–H groups in total. The number of benzene rings is 2. The number of ether oxygens (including phenoxy) is 3. The van der Waals surface area contributed by atoms with E-state index < -0.39 is 30.4 Å². The number of hydrogen-bond acceptors (Lipinski definition) is 6. The average molecular weight is 414 g/mol. The minimum atomic E-state index is -0.899. The molecule has 2 amide bonds. The molecule has 0 saturated carbocycles. The van der Waals surface area contributed by atoms with Crippen LogP contribution in [0.1, 0.15) is 24.2 Å². The zero-order valence-corrected chi connectivity index (χ0v) is 17.4. The van der Waals surface area contributed by atoms with Crippen molar-refractivity contribution in [2.75, 3.05) is 26.1 Å². The van der Waals surface area contributed by atoms with E-state index in [1.165, 1.54) is 14.2 Å². The van der Waals surface area contributed by atoms with Gasteiger partial charge in [0, 0.05) is 17.3 Å². The minimum Gasteiger partial charge on any atom is -0.497 e. The first kappa shape index (κ1) is 22.7. The lowest BCUT2D eigenvalue weighted by atomic mass is 10.0. The van der Waals surface area contributed by atoms with Gasteiger partial charge in [0.15, 0.2) is 6.61 Å². The summed E-state index contributed by atoms with van der Waals surface area (Å²) in [6.07, 6.45) is 0. The van der Waals surface area contributed by atoms with Crippen LogP contribution >= 0.6 is 0 Å². The number of methoxy groups -OCH3 is 2. The summed E-state index contributed by atoms with van der Waals surface area (Å²) >= 11 is 0. The average Bonchev–Trinajstić information content (AvgIpc) is 2.75. The first-order chi connectivity index (χ1) is 14.3. The molecule has 8 nitrogen and oxygen atoms in total. The summed E-state index contributed by atoms with van der Waals surface area (Å²) in [5, 5.41) is 5.28. The highest BCUT2D eigenvalue weighted by Gasteiger charge is 2.26. The molecule has 0 heterocycles. The van der Waals surface area contributed by atoms with Crippen LogP contribution in [0, 0.1) is 5.92 Å². The molecular weight excluding hydrogens is 388 g/mol. The number of hydrogen-bond donors (Lipinski definition) is 2. The van der Waals surface area contributed by atoms with Crippen LogP contribution in [-0.2, 0) is 14.3 Å². The van der Waals surface area contributed by atoms with Crippen molar-refractivity contribution in [2.24, 2.45) is 5.92 Å². The molecule has 2 aromatic rings. The number of carbonyl (C=O) groups is 3. The lowest BCUT2D eigenvalue weighted by Crippen LogP contribution is -2.45. The molecule has 2 aromatic carbocycles. The smallest absolute Gasteiger partial charge is 0.329 e. The van der Waals surface area contributed by atoms with Gasteiger partial charge in [-0.15, -0.1) is 0 Å². The fourth-order valence-electron chi connectivity index (χ4n) is 2.59. The van der Waals surface area contributed by atoms with Gasteiger partial charge in [0.25, 0.3) is 11.8 Å². The van der Waals surface area contributed by atoms with Crippen LogP contribution in [0.25, 0.3) is 0 Å². The molecule has 8 heteroatoms. The highest BCUT2D eigenvalue weighted by Crippen LogP contribution is 2.16. The summed E-state index contributed by atoms with van der Waals surface area (Å²) in [5.74, 6) is -0.636. The Labute approximate surface area is 175 Å². The van der Waals surface area contributed by atoms with E-state index >= 15 is 0 Å². The number of amides is 2. The van der Waals surface area contributed by atoms with Crippen molar-refractivity contribution in [3.63, 3.8) is 0 Å². The predicted molar refractivity (Wildman–Crippen MR) is 112 cm³/mol. The van der Waals surface area contributed by atoms with Gasteiger partial charge >= 0.3 is 5.97 Å². The van der Waals surface area contributed by atoms with Gasteiger partial charge in [0.05, 0.1) is 14.2 Å². The fraction of sp³-hybridized carbons (Fsp3) is 0.318. The Morgan fingerprint density at radius 3 is 2.20 bits per heavy atom. The molecule has 0 aliphatic rings. The van der Waals surface area contributed by atoms with Gasteiger partial charge in [-0.05, 0) is 42.3 Å². The third kappa shape index (κ3) is 6.51. The second kappa shape index (κ2) is 10.8. The Morgan fingerprint density at radius 1 is 0.933 bits per heavy atom. The van der Waals surface area contributed by atoms with Crippen molar-refractivity contribution in [2.45, 2.75) is 19.9 Å². The van der Waals surface area contributed by atoms with Crippen LogP contribution in [0.4, 0.5) is 5.69 Å². The van der Waals surface area contributed by atoms with E-state index in [9.17, 15) is 14.4 Å². The van der Waals surface area contributed by atoms with E-state index in [0.29, 0.717) is 22.7 Å². The van der Waals surface area contributed by atoms with E-state index in [4.69, 9.17) is 14.2 Å². The molecule has 0 radical (unpaired) electrons. The Kier molecular flexibility index (Phi) is 8.22. The summed E-state index contributed by atoms with van der Waals surface area (Å²) in [6.45, 7) is 3.07. The van der Waals surface area contributed by atoms with Gasteiger partial charge in [-0.1, -0.05) is 19.9 Å². The molecule has 0 spiro atoms. The van der Waals surface area contributed by atoms with E-state index in [0.717, 1.165) is 0 Å². The molecule has 160 valence electrons. The van der Waals surface area contributed by atoms with Gasteiger partial charge in [0.1, 0.15) is 17.5 Å². The molecular formula is C22H26N2O6. The normalized spacial score (nSPS) is 11.4. The molecule has 0 aliphatic heterocycles. The predicted octanol–water partition coefficient (Wildman–Crippen LogP) is 2.64. The summed E-state index contributed by atoms with van der Waals surface area (Å²) in [7, 11) is 3.05. The van der Waals surface area contributed by atoms with Crippen molar-refractivity contribution in [1.82, 2.24) is 5.32 Å². The Morgan fingerprint density at radius 2 is 1.60 bits per heavy atom. The van der Waals surface area contributed by atoms with Crippen LogP contribution in [0.15, 0.2) is 48.5 Å². The largest absolute Gasteiger partial charge is 0.497 e. The quantitative estimate of drug-likeness (QED) is 0.612. The van der Waals surface area contributed by atoms with Gasteiger partial charge in [-0.3, -0.25) is 9.59 Å². The maximum Gasteiger partial charge on any atom is 0.329 e. The van der Waals surface area contributed by atoms with E-state index in [2.05, 4.69) is 10.6 Å². The number of rotatable bonds is 9. The Hall–Kier alpha value is -3.55. The maximum atomic E-state index is 12.5. The highest BCUT2D eigenvalue weighted by molar-refractivity contribution is 5.97. The van der Waals surface area contributed by atoms with Gasteiger partial charge in [0.2, 0.25) is 0 Å². The second-order valence-electron chi connectivity index (χ2n) is 6.81. The first-order valence-corrected chi connectivity index (χ1v) is 9.39. The Bertz CT molecular complexity index is 879. The van der Waals surface area contributed by atoms with Gasteiger partial charge < -0.3 is 24.8 Å². The van der Waals surface area contributed by atoms with Crippen molar-refractivity contribution in [3.8, 4) is 11.5 Å². The van der Waals surface area contributed by atoms with Crippen molar-refractivity contribution in [1.29, 1.82) is 0 Å². The van der Waals surface area contributed by atoms with Crippen LogP contribution in [0.5, 0.6) is 11.5 Å². The van der Waals surface area contributed by atoms with Crippen molar-refractivity contribution in [3.05, 3.63) is 54.1 Å². The zero-order valence-electron chi connectivity index (χ0n) is 17.4. The van der Waals surface area contributed by atoms with Gasteiger partial charge in [-0.25, -0.2) is 4.79 Å². The zero-order chi connectivity index (χ0) is 22.1. The second-order valence-corrected chi connectivity index (χ2v) is 6.81. The Balaban J connectivity index is 1.92. The molecule has 0 bridgehead atoms. The minimum absolute atomic E-state index is 0.235. The number of anilines is 1. The molecule has 1 atom stereocenters. The third-order valence-corrected chi connectivity index (χ3v) is 4.26. The SMILES string of the molecule is COc1ccc(C(=O)N[C@H](C(=O)OCC(=O)Nc2cccc(OC)c2)C(C)C)cc1. The first-order valence-electron chi connectivity index (χ1n) is 9.39. The molecule has 0 aromatic heterocycles.